The molecule has 3 aromatic carbocycles. The Hall–Kier alpha value is -3.62. The maximum atomic E-state index is 11.6. The molecule has 7 nitrogen and oxygen atoms in total. The van der Waals surface area contributed by atoms with E-state index < -0.39 is 0 Å². The molecule has 1 aliphatic rings. The van der Waals surface area contributed by atoms with Crippen molar-refractivity contribution in [3.63, 3.8) is 0 Å². The van der Waals surface area contributed by atoms with Gasteiger partial charge in [0, 0.05) is 40.7 Å². The van der Waals surface area contributed by atoms with Crippen molar-refractivity contribution in [3.05, 3.63) is 83.9 Å². The average molecular weight is 500 g/mol. The lowest BCUT2D eigenvalue weighted by Crippen LogP contribution is -2.39. The molecule has 0 unspecified atom stereocenters. The number of nitrogens with zero attached hydrogens (tertiary/aromatic N) is 3. The first-order valence-electron chi connectivity index (χ1n) is 12.1. The van der Waals surface area contributed by atoms with Crippen LogP contribution in [0.15, 0.2) is 82.6 Å². The van der Waals surface area contributed by atoms with Gasteiger partial charge in [0.2, 0.25) is 11.9 Å². The molecule has 1 fully saturated rings. The molecular formula is C28H29N5O2S. The fourth-order valence-corrected chi connectivity index (χ4v) is 5.60. The number of amides is 1. The Labute approximate surface area is 214 Å². The zero-order valence-corrected chi connectivity index (χ0v) is 20.7. The van der Waals surface area contributed by atoms with Gasteiger partial charge in [0.15, 0.2) is 0 Å². The molecular weight excluding hydrogens is 470 g/mol. The van der Waals surface area contributed by atoms with Gasteiger partial charge in [0.1, 0.15) is 5.82 Å². The fourth-order valence-electron chi connectivity index (χ4n) is 4.53. The summed E-state index contributed by atoms with van der Waals surface area (Å²) in [5.41, 5.74) is 8.44. The molecule has 0 aliphatic carbocycles. The largest absolute Gasteiger partial charge is 0.392 e. The van der Waals surface area contributed by atoms with E-state index in [0.29, 0.717) is 12.5 Å². The number of piperidine rings is 1. The number of hydrogen-bond donors (Lipinski definition) is 3. The van der Waals surface area contributed by atoms with Crippen LogP contribution < -0.4 is 16.0 Å². The molecule has 0 saturated carbocycles. The fraction of sp³-hybridized carbons (Fsp3) is 0.250. The smallest absolute Gasteiger partial charge is 0.225 e. The number of hydrogen-bond acceptors (Lipinski definition) is 7. The monoisotopic (exact) mass is 499 g/mol. The summed E-state index contributed by atoms with van der Waals surface area (Å²) < 4.78 is 0. The number of aromatic nitrogens is 2. The quantitative estimate of drug-likeness (QED) is 0.326. The van der Waals surface area contributed by atoms with Crippen LogP contribution in [0.3, 0.4) is 0 Å². The van der Waals surface area contributed by atoms with Gasteiger partial charge in [0.25, 0.3) is 0 Å². The van der Waals surface area contributed by atoms with Gasteiger partial charge in [-0.15, -0.1) is 0 Å². The number of aliphatic hydroxyl groups is 1. The number of primary amides is 1. The Morgan fingerprint density at radius 2 is 1.58 bits per heavy atom. The van der Waals surface area contributed by atoms with Crippen molar-refractivity contribution in [2.75, 3.05) is 23.3 Å². The van der Waals surface area contributed by atoms with Crippen LogP contribution in [0.4, 0.5) is 11.8 Å². The third-order valence-electron chi connectivity index (χ3n) is 6.55. The Balaban J connectivity index is 1.38. The first-order chi connectivity index (χ1) is 17.6. The number of fused-ring (bicyclic) bond motifs is 1. The number of anilines is 2. The van der Waals surface area contributed by atoms with Gasteiger partial charge in [-0.25, -0.2) is 4.98 Å². The van der Waals surface area contributed by atoms with Gasteiger partial charge in [-0.05, 0) is 48.2 Å². The minimum atomic E-state index is -0.220. The lowest BCUT2D eigenvalue weighted by atomic mass is 9.96. The molecule has 4 aromatic rings. The van der Waals surface area contributed by atoms with Crippen LogP contribution in [-0.2, 0) is 17.9 Å². The van der Waals surface area contributed by atoms with Crippen LogP contribution in [0, 0.1) is 5.92 Å². The average Bonchev–Trinajstić information content (AvgIpc) is 2.92. The SMILES string of the molecule is NC(=O)C1CCN(c2nc(NCc3ccccc3Sc3ccccc3CO)nc3ccccc23)CC1. The second kappa shape index (κ2) is 11.0. The summed E-state index contributed by atoms with van der Waals surface area (Å²) in [5, 5.41) is 14.1. The zero-order valence-electron chi connectivity index (χ0n) is 19.9. The number of para-hydroxylation sites is 1. The molecule has 1 aliphatic heterocycles. The maximum Gasteiger partial charge on any atom is 0.225 e. The van der Waals surface area contributed by atoms with E-state index in [9.17, 15) is 9.90 Å². The third kappa shape index (κ3) is 5.29. The van der Waals surface area contributed by atoms with Crippen LogP contribution in [0.2, 0.25) is 0 Å². The highest BCUT2D eigenvalue weighted by molar-refractivity contribution is 7.99. The summed E-state index contributed by atoms with van der Waals surface area (Å²) in [4.78, 5) is 25.7. The number of carbonyl (C=O) groups excluding carboxylic acids is 1. The summed E-state index contributed by atoms with van der Waals surface area (Å²) in [5.74, 6) is 1.15. The molecule has 5 rings (SSSR count). The van der Waals surface area contributed by atoms with Crippen LogP contribution in [0.5, 0.6) is 0 Å². The molecule has 1 aromatic heterocycles. The van der Waals surface area contributed by atoms with E-state index in [2.05, 4.69) is 22.3 Å². The van der Waals surface area contributed by atoms with Crippen molar-refractivity contribution in [2.45, 2.75) is 35.8 Å². The lowest BCUT2D eigenvalue weighted by molar-refractivity contribution is -0.122. The maximum absolute atomic E-state index is 11.6. The lowest BCUT2D eigenvalue weighted by Gasteiger charge is -2.32. The van der Waals surface area contributed by atoms with Crippen molar-refractivity contribution >= 4 is 40.3 Å². The summed E-state index contributed by atoms with van der Waals surface area (Å²) in [6, 6.07) is 24.1. The van der Waals surface area contributed by atoms with Crippen LogP contribution in [0.1, 0.15) is 24.0 Å². The number of rotatable bonds is 8. The summed E-state index contributed by atoms with van der Waals surface area (Å²) in [6.45, 7) is 2.04. The predicted octanol–water partition coefficient (Wildman–Crippen LogP) is 4.59. The highest BCUT2D eigenvalue weighted by atomic mass is 32.2. The van der Waals surface area contributed by atoms with E-state index in [-0.39, 0.29) is 18.4 Å². The molecule has 0 radical (unpaired) electrons. The molecule has 1 saturated heterocycles. The first kappa shape index (κ1) is 24.1. The van der Waals surface area contributed by atoms with Gasteiger partial charge in [-0.3, -0.25) is 4.79 Å². The summed E-state index contributed by atoms with van der Waals surface area (Å²) >= 11 is 1.64. The minimum absolute atomic E-state index is 0.00792. The van der Waals surface area contributed by atoms with E-state index in [4.69, 9.17) is 15.7 Å². The number of carbonyl (C=O) groups is 1. The number of nitrogens with two attached hydrogens (primary N) is 1. The number of nitrogens with one attached hydrogen (secondary N) is 1. The Morgan fingerprint density at radius 1 is 0.944 bits per heavy atom. The molecule has 0 spiro atoms. The molecule has 0 bridgehead atoms. The number of aliphatic hydroxyl groups excluding tert-OH is 1. The number of benzene rings is 3. The molecule has 36 heavy (non-hydrogen) atoms. The van der Waals surface area contributed by atoms with Gasteiger partial charge >= 0.3 is 0 Å². The Kier molecular flexibility index (Phi) is 7.34. The van der Waals surface area contributed by atoms with Crippen LogP contribution >= 0.6 is 11.8 Å². The Morgan fingerprint density at radius 3 is 2.31 bits per heavy atom. The van der Waals surface area contributed by atoms with Gasteiger partial charge < -0.3 is 21.1 Å². The van der Waals surface area contributed by atoms with Crippen molar-refractivity contribution in [2.24, 2.45) is 11.7 Å². The van der Waals surface area contributed by atoms with Crippen molar-refractivity contribution in [3.8, 4) is 0 Å². The normalized spacial score (nSPS) is 14.2. The highest BCUT2D eigenvalue weighted by Crippen LogP contribution is 2.34. The molecule has 2 heterocycles. The predicted molar refractivity (Wildman–Crippen MR) is 144 cm³/mol. The molecule has 8 heteroatoms. The summed E-state index contributed by atoms with van der Waals surface area (Å²) in [7, 11) is 0. The van der Waals surface area contributed by atoms with Crippen molar-refractivity contribution in [1.82, 2.24) is 9.97 Å². The molecule has 184 valence electrons. The van der Waals surface area contributed by atoms with E-state index in [1.54, 1.807) is 11.8 Å². The summed E-state index contributed by atoms with van der Waals surface area (Å²) in [6.07, 6.45) is 1.46. The second-order valence-electron chi connectivity index (χ2n) is 8.88. The highest BCUT2D eigenvalue weighted by Gasteiger charge is 2.25. The third-order valence-corrected chi connectivity index (χ3v) is 7.79. The molecule has 0 atom stereocenters. The van der Waals surface area contributed by atoms with E-state index in [1.807, 2.05) is 60.7 Å². The van der Waals surface area contributed by atoms with E-state index in [0.717, 1.165) is 63.6 Å². The minimum Gasteiger partial charge on any atom is -0.392 e. The molecule has 4 N–H and O–H groups in total. The van der Waals surface area contributed by atoms with Gasteiger partial charge in [-0.1, -0.05) is 60.3 Å². The Bertz CT molecular complexity index is 1370. The van der Waals surface area contributed by atoms with Gasteiger partial charge in [0.05, 0.1) is 12.1 Å². The van der Waals surface area contributed by atoms with Crippen molar-refractivity contribution in [1.29, 1.82) is 0 Å². The van der Waals surface area contributed by atoms with E-state index in [1.165, 1.54) is 0 Å². The van der Waals surface area contributed by atoms with E-state index >= 15 is 0 Å². The standard InChI is InChI=1S/C28H29N5O2S/c29-26(35)19-13-15-33(16-14-19)27-22-9-3-4-10-23(22)31-28(32-27)30-17-20-7-1-5-11-24(20)36-25-12-6-2-8-21(25)18-34/h1-12,19,34H,13-18H2,(H2,29,35)(H,30,31,32). The molecule has 1 amide bonds. The second-order valence-corrected chi connectivity index (χ2v) is 9.96. The van der Waals surface area contributed by atoms with Crippen molar-refractivity contribution < 1.29 is 9.90 Å². The topological polar surface area (TPSA) is 104 Å². The van der Waals surface area contributed by atoms with Gasteiger partial charge in [-0.2, -0.15) is 4.98 Å². The van der Waals surface area contributed by atoms with Crippen LogP contribution in [-0.4, -0.2) is 34.1 Å². The van der Waals surface area contributed by atoms with Crippen LogP contribution in [0.25, 0.3) is 10.9 Å². The first-order valence-corrected chi connectivity index (χ1v) is 12.9. The zero-order chi connectivity index (χ0) is 24.9.